The van der Waals surface area contributed by atoms with Crippen molar-refractivity contribution in [3.8, 4) is 0 Å². The third-order valence-electron chi connectivity index (χ3n) is 8.92. The van der Waals surface area contributed by atoms with Crippen LogP contribution in [-0.4, -0.2) is 53.2 Å². The van der Waals surface area contributed by atoms with Crippen molar-refractivity contribution in [2.24, 2.45) is 0 Å². The Bertz CT molecular complexity index is 2300. The molecule has 0 spiro atoms. The molecule has 1 aliphatic rings. The first-order chi connectivity index (χ1) is 22.1. The van der Waals surface area contributed by atoms with Crippen molar-refractivity contribution in [3.05, 3.63) is 95.3 Å². The van der Waals surface area contributed by atoms with Gasteiger partial charge in [-0.2, -0.15) is 0 Å². The number of carboxylic acids is 3. The molecule has 0 aliphatic carbocycles. The molecule has 4 aromatic rings. The molecular weight excluding hydrogens is 800 g/mol. The molecule has 13 heteroatoms. The van der Waals surface area contributed by atoms with Crippen molar-refractivity contribution in [2.75, 3.05) is 0 Å². The van der Waals surface area contributed by atoms with E-state index in [1.54, 1.807) is 13.0 Å². The molecule has 1 aliphatic heterocycles. The van der Waals surface area contributed by atoms with Gasteiger partial charge in [0.1, 0.15) is 0 Å². The Balaban J connectivity index is 2.15. The number of carboxylic acid groups (broad SMARTS) is 3. The van der Waals surface area contributed by atoms with Crippen LogP contribution in [0, 0.1) is 27.7 Å². The van der Waals surface area contributed by atoms with Gasteiger partial charge >= 0.3 is 17.9 Å². The van der Waals surface area contributed by atoms with E-state index in [-0.39, 0.29) is 29.3 Å². The van der Waals surface area contributed by atoms with Crippen molar-refractivity contribution >= 4 is 90.8 Å². The number of hydrogen-bond donors (Lipinski definition) is 7. The fourth-order valence-corrected chi connectivity index (χ4v) is 8.76. The summed E-state index contributed by atoms with van der Waals surface area (Å²) in [6.07, 6.45) is 1.78. The molecule has 0 saturated heterocycles. The minimum absolute atomic E-state index is 0.0760. The summed E-state index contributed by atoms with van der Waals surface area (Å²) in [7, 11) is 0. The highest BCUT2D eigenvalue weighted by molar-refractivity contribution is 9.15. The zero-order valence-corrected chi connectivity index (χ0v) is 31.1. The number of halogens is 3. The van der Waals surface area contributed by atoms with E-state index in [0.29, 0.717) is 48.8 Å². The predicted molar refractivity (Wildman–Crippen MR) is 192 cm³/mol. The first-order valence-corrected chi connectivity index (χ1v) is 17.2. The van der Waals surface area contributed by atoms with Crippen LogP contribution in [0.4, 0.5) is 0 Å². The van der Waals surface area contributed by atoms with E-state index in [1.165, 1.54) is 0 Å². The second kappa shape index (κ2) is 13.0. The minimum atomic E-state index is -1.23. The summed E-state index contributed by atoms with van der Waals surface area (Å²) in [5, 5.41) is 32.4. The number of aliphatic carboxylic acids is 2. The monoisotopic (exact) mass is 830 g/mol. The Morgan fingerprint density at radius 2 is 1.21 bits per heavy atom. The van der Waals surface area contributed by atoms with E-state index in [0.717, 1.165) is 48.8 Å². The normalized spacial score (nSPS) is 13.0. The van der Waals surface area contributed by atoms with E-state index in [2.05, 4.69) is 74.3 Å². The zero-order chi connectivity index (χ0) is 34.6. The first kappa shape index (κ1) is 34.5. The first-order valence-electron chi connectivity index (χ1n) is 14.8. The van der Waals surface area contributed by atoms with E-state index >= 15 is 0 Å². The third-order valence-corrected chi connectivity index (χ3v) is 11.3. The van der Waals surface area contributed by atoms with Gasteiger partial charge in [-0.15, -0.1) is 0 Å². The Morgan fingerprint density at radius 1 is 0.681 bits per heavy atom. The van der Waals surface area contributed by atoms with Crippen LogP contribution in [-0.2, 0) is 22.4 Å². The summed E-state index contributed by atoms with van der Waals surface area (Å²) < 4.78 is 1.98. The van der Waals surface area contributed by atoms with Crippen molar-refractivity contribution in [1.29, 1.82) is 0 Å². The molecule has 4 aromatic heterocycles. The van der Waals surface area contributed by atoms with E-state index in [9.17, 15) is 29.7 Å². The lowest BCUT2D eigenvalue weighted by Gasteiger charge is -2.08. The van der Waals surface area contributed by atoms with Gasteiger partial charge in [-0.05, 0) is 122 Å². The number of hydrogen-bond acceptors (Lipinski definition) is 3. The maximum absolute atomic E-state index is 12.9. The number of aromatic amines is 4. The van der Waals surface area contributed by atoms with Gasteiger partial charge in [0, 0.05) is 23.3 Å². The lowest BCUT2D eigenvalue weighted by molar-refractivity contribution is -0.137. The summed E-state index contributed by atoms with van der Waals surface area (Å²) in [6, 6.07) is 0. The molecule has 5 rings (SSSR count). The molecule has 7 N–H and O–H groups in total. The fraction of sp³-hybridized carbons (Fsp3) is 0.265. The third kappa shape index (κ3) is 5.72. The number of rotatable bonds is 8. The molecule has 0 radical (unpaired) electrons. The fourth-order valence-electron chi connectivity index (χ4n) is 6.53. The average molecular weight is 833 g/mol. The molecule has 47 heavy (non-hydrogen) atoms. The van der Waals surface area contributed by atoms with Gasteiger partial charge in [0.2, 0.25) is 0 Å². The Kier molecular flexibility index (Phi) is 9.55. The number of aromatic carboxylic acids is 1. The number of fused-ring (bicyclic) bond motifs is 8. The second-order valence-corrected chi connectivity index (χ2v) is 13.9. The predicted octanol–water partition coefficient (Wildman–Crippen LogP) is 4.79. The van der Waals surface area contributed by atoms with Gasteiger partial charge in [0.05, 0.1) is 63.9 Å². The van der Waals surface area contributed by atoms with Crippen LogP contribution in [0.15, 0.2) is 6.58 Å². The van der Waals surface area contributed by atoms with E-state index in [4.69, 9.17) is 0 Å². The maximum Gasteiger partial charge on any atom is 0.338 e. The van der Waals surface area contributed by atoms with Gasteiger partial charge in [-0.1, -0.05) is 19.6 Å². The molecule has 0 fully saturated rings. The van der Waals surface area contributed by atoms with Crippen LogP contribution < -0.4 is 21.4 Å². The summed E-state index contributed by atoms with van der Waals surface area (Å²) in [6.45, 7) is 13.6. The van der Waals surface area contributed by atoms with Crippen molar-refractivity contribution in [2.45, 2.75) is 60.3 Å². The highest BCUT2D eigenvalue weighted by Crippen LogP contribution is 2.34. The highest BCUT2D eigenvalue weighted by Gasteiger charge is 2.27. The number of carbonyl (C=O) groups is 3. The summed E-state index contributed by atoms with van der Waals surface area (Å²) in [5.41, 5.74) is 8.08. The Hall–Kier alpha value is -3.81. The summed E-state index contributed by atoms with van der Waals surface area (Å²) in [5.74, 6) is -3.43. The highest BCUT2D eigenvalue weighted by atomic mass is 79.9. The number of H-pyrrole nitrogens is 4. The van der Waals surface area contributed by atoms with Crippen LogP contribution in [0.1, 0.15) is 91.8 Å². The molecule has 0 unspecified atom stereocenters. The molecule has 5 heterocycles. The average Bonchev–Trinajstić information content (AvgIpc) is 3.73. The molecule has 0 saturated carbocycles. The quantitative estimate of drug-likeness (QED) is 0.134. The van der Waals surface area contributed by atoms with Crippen LogP contribution >= 0.6 is 47.8 Å². The number of aromatic nitrogens is 4. The topological polar surface area (TPSA) is 175 Å². The van der Waals surface area contributed by atoms with Crippen molar-refractivity contribution in [3.63, 3.8) is 0 Å². The second-order valence-electron chi connectivity index (χ2n) is 11.5. The van der Waals surface area contributed by atoms with E-state index in [1.807, 2.05) is 27.7 Å². The lowest BCUT2D eigenvalue weighted by atomic mass is 9.97. The summed E-state index contributed by atoms with van der Waals surface area (Å²) >= 11 is 11.4. The van der Waals surface area contributed by atoms with Crippen LogP contribution in [0.2, 0.25) is 0 Å². The minimum Gasteiger partial charge on any atom is -0.481 e. The summed E-state index contributed by atoms with van der Waals surface area (Å²) in [4.78, 5) is 50.8. The van der Waals surface area contributed by atoms with Crippen molar-refractivity contribution in [1.82, 2.24) is 19.9 Å². The van der Waals surface area contributed by atoms with Gasteiger partial charge in [0.25, 0.3) is 0 Å². The van der Waals surface area contributed by atoms with Gasteiger partial charge in [-0.3, -0.25) is 9.59 Å². The Labute approximate surface area is 294 Å². The Morgan fingerprint density at radius 3 is 1.77 bits per heavy atom. The van der Waals surface area contributed by atoms with Gasteiger partial charge < -0.3 is 35.3 Å². The molecule has 246 valence electrons. The van der Waals surface area contributed by atoms with Crippen molar-refractivity contribution < 1.29 is 29.7 Å². The molecule has 8 bridgehead atoms. The van der Waals surface area contributed by atoms with Crippen LogP contribution in [0.25, 0.3) is 25.1 Å². The molecule has 0 aromatic carbocycles. The lowest BCUT2D eigenvalue weighted by Crippen LogP contribution is -2.22. The maximum atomic E-state index is 12.9. The molecule has 0 amide bonds. The van der Waals surface area contributed by atoms with Gasteiger partial charge in [-0.25, -0.2) is 4.79 Å². The van der Waals surface area contributed by atoms with E-state index < -0.39 is 24.3 Å². The standard InChI is InChI=1S/C34H33Br3N4O6/c1-7-16-12(3)26-23(35)28-14(5)18(9-10-20(42)43)30(38-28)19(11-21(44)45)31-22(34(46)47)15(6)29(39-31)25(37)33-17(8-2)13(4)27(41-33)24(36)32(16)40-26/h7,38-41H,1,8-11H2,2-6H3,(H,42,43)(H,44,45)(H,46,47). The van der Waals surface area contributed by atoms with Crippen LogP contribution in [0.5, 0.6) is 0 Å². The molecule has 10 nitrogen and oxygen atoms in total. The SMILES string of the molecule is C=Cc1c(C)c2[nH]c1=C(Br)c1[nH]c(c(CC)c1C)C(Br)=c1[nH]c(c(C(=O)O)c1C)=C(CC(=O)O)c1[nH]c(c(C)c1CCC(=O)O)C=2Br. The largest absolute Gasteiger partial charge is 0.481 e. The molecular formula is C34H33Br3N4O6. The number of nitrogens with one attached hydrogen (secondary N) is 4. The molecule has 0 atom stereocenters. The van der Waals surface area contributed by atoms with Gasteiger partial charge in [0.15, 0.2) is 0 Å². The van der Waals surface area contributed by atoms with Crippen LogP contribution in [0.3, 0.4) is 0 Å². The zero-order valence-electron chi connectivity index (χ0n) is 26.3. The smallest absolute Gasteiger partial charge is 0.338 e.